The Morgan fingerprint density at radius 1 is 1.39 bits per heavy atom. The van der Waals surface area contributed by atoms with Crippen molar-refractivity contribution in [1.82, 2.24) is 4.90 Å². The number of nitrogens with zero attached hydrogens (tertiary/aromatic N) is 1. The molecule has 1 aromatic rings. The van der Waals surface area contributed by atoms with Crippen molar-refractivity contribution < 1.29 is 9.59 Å². The van der Waals surface area contributed by atoms with E-state index in [2.05, 4.69) is 6.07 Å². The fourth-order valence-corrected chi connectivity index (χ4v) is 2.61. The molecule has 1 saturated carbocycles. The van der Waals surface area contributed by atoms with Crippen molar-refractivity contribution in [3.05, 3.63) is 35.4 Å². The van der Waals surface area contributed by atoms with E-state index in [0.717, 1.165) is 30.4 Å². The van der Waals surface area contributed by atoms with Crippen LogP contribution >= 0.6 is 0 Å². The Morgan fingerprint density at radius 3 is 2.83 bits per heavy atom. The average Bonchev–Trinajstić information content (AvgIpc) is 3.20. The molecule has 1 radical (unpaired) electrons. The van der Waals surface area contributed by atoms with Crippen LogP contribution in [0, 0.1) is 12.0 Å². The van der Waals surface area contributed by atoms with Gasteiger partial charge in [-0.25, -0.2) is 0 Å². The Morgan fingerprint density at radius 2 is 2.17 bits per heavy atom. The molecule has 93 valence electrons. The summed E-state index contributed by atoms with van der Waals surface area (Å²) in [6, 6.07) is 7.89. The summed E-state index contributed by atoms with van der Waals surface area (Å²) >= 11 is 0. The van der Waals surface area contributed by atoms with E-state index in [-0.39, 0.29) is 11.8 Å². The van der Waals surface area contributed by atoms with Crippen LogP contribution in [0.25, 0.3) is 0 Å². The first-order chi connectivity index (χ1) is 8.68. The van der Waals surface area contributed by atoms with Crippen molar-refractivity contribution in [2.75, 3.05) is 6.54 Å². The van der Waals surface area contributed by atoms with Crippen molar-refractivity contribution in [3.8, 4) is 0 Å². The van der Waals surface area contributed by atoms with Crippen molar-refractivity contribution in [2.45, 2.75) is 25.3 Å². The molecule has 3 rings (SSSR count). The Bertz CT molecular complexity index is 508. The van der Waals surface area contributed by atoms with Crippen LogP contribution in [0.4, 0.5) is 0 Å². The first-order valence-electron chi connectivity index (χ1n) is 6.27. The van der Waals surface area contributed by atoms with Crippen LogP contribution in [0.15, 0.2) is 18.2 Å². The zero-order valence-corrected chi connectivity index (χ0v) is 10.1. The predicted octanol–water partition coefficient (Wildman–Crippen LogP) is 0.808. The monoisotopic (exact) mass is 243 g/mol. The van der Waals surface area contributed by atoms with E-state index in [1.54, 1.807) is 11.0 Å². The van der Waals surface area contributed by atoms with Gasteiger partial charge in [0, 0.05) is 12.5 Å². The number of amides is 2. The van der Waals surface area contributed by atoms with Crippen LogP contribution < -0.4 is 5.73 Å². The molecule has 0 saturated heterocycles. The lowest BCUT2D eigenvalue weighted by molar-refractivity contribution is -0.141. The molecule has 0 bridgehead atoms. The van der Waals surface area contributed by atoms with Gasteiger partial charge >= 0.3 is 0 Å². The highest BCUT2D eigenvalue weighted by Crippen LogP contribution is 2.36. The summed E-state index contributed by atoms with van der Waals surface area (Å²) in [6.45, 7) is 0.577. The molecule has 2 amide bonds. The third-order valence-electron chi connectivity index (χ3n) is 3.69. The first-order valence-corrected chi connectivity index (χ1v) is 6.27. The minimum atomic E-state index is -0.601. The zero-order valence-electron chi connectivity index (χ0n) is 10.1. The van der Waals surface area contributed by atoms with Gasteiger partial charge in [0.2, 0.25) is 11.8 Å². The largest absolute Gasteiger partial charge is 0.368 e. The van der Waals surface area contributed by atoms with Gasteiger partial charge < -0.3 is 10.6 Å². The topological polar surface area (TPSA) is 63.4 Å². The van der Waals surface area contributed by atoms with Gasteiger partial charge in [-0.1, -0.05) is 18.2 Å². The molecular formula is C14H15N2O2. The van der Waals surface area contributed by atoms with Crippen molar-refractivity contribution in [3.63, 3.8) is 0 Å². The Hall–Kier alpha value is -1.84. The fraction of sp³-hybridized carbons (Fsp3) is 0.429. The van der Waals surface area contributed by atoms with Crippen LogP contribution in [-0.4, -0.2) is 23.3 Å². The lowest BCUT2D eigenvalue weighted by atomic mass is 9.92. The highest BCUT2D eigenvalue weighted by molar-refractivity contribution is 5.90. The number of carbonyl (C=O) groups is 2. The lowest BCUT2D eigenvalue weighted by Crippen LogP contribution is -2.46. The molecule has 1 atom stereocenters. The molecule has 1 unspecified atom stereocenters. The van der Waals surface area contributed by atoms with Crippen molar-refractivity contribution >= 4 is 11.8 Å². The Labute approximate surface area is 106 Å². The molecule has 2 aliphatic rings. The molecule has 1 aromatic carbocycles. The van der Waals surface area contributed by atoms with Crippen LogP contribution in [0.2, 0.25) is 0 Å². The number of benzene rings is 1. The summed E-state index contributed by atoms with van der Waals surface area (Å²) in [7, 11) is 0. The highest BCUT2D eigenvalue weighted by Gasteiger charge is 2.40. The predicted molar refractivity (Wildman–Crippen MR) is 65.4 cm³/mol. The lowest BCUT2D eigenvalue weighted by Gasteiger charge is -2.35. The maximum atomic E-state index is 12.2. The number of primary amides is 1. The number of rotatable bonds is 2. The van der Waals surface area contributed by atoms with Gasteiger partial charge in [-0.05, 0) is 36.5 Å². The average molecular weight is 243 g/mol. The van der Waals surface area contributed by atoms with Gasteiger partial charge in [0.15, 0.2) is 0 Å². The van der Waals surface area contributed by atoms with Crippen molar-refractivity contribution in [1.29, 1.82) is 0 Å². The standard InChI is InChI=1S/C14H15N2O2/c15-13(17)12-11-4-2-1-3-9(11)7-8-16(12)14(18)10-5-6-10/h2-4,10,12H,5-8H2,(H2,15,17). The van der Waals surface area contributed by atoms with E-state index in [4.69, 9.17) is 5.73 Å². The number of carbonyl (C=O) groups excluding carboxylic acids is 2. The molecule has 1 aliphatic carbocycles. The Kier molecular flexibility index (Phi) is 2.58. The molecule has 18 heavy (non-hydrogen) atoms. The van der Waals surface area contributed by atoms with E-state index in [9.17, 15) is 9.59 Å². The summed E-state index contributed by atoms with van der Waals surface area (Å²) in [5, 5.41) is 0. The summed E-state index contributed by atoms with van der Waals surface area (Å²) in [5.74, 6) is -0.253. The molecule has 1 heterocycles. The minimum Gasteiger partial charge on any atom is -0.368 e. The highest BCUT2D eigenvalue weighted by atomic mass is 16.2. The van der Waals surface area contributed by atoms with Gasteiger partial charge in [-0.15, -0.1) is 0 Å². The second-order valence-corrected chi connectivity index (χ2v) is 4.99. The summed E-state index contributed by atoms with van der Waals surface area (Å²) in [6.07, 6.45) is 2.65. The van der Waals surface area contributed by atoms with E-state index in [1.807, 2.05) is 12.1 Å². The molecule has 1 aliphatic heterocycles. The van der Waals surface area contributed by atoms with Crippen LogP contribution in [0.1, 0.15) is 30.0 Å². The normalized spacial score (nSPS) is 22.4. The van der Waals surface area contributed by atoms with E-state index in [0.29, 0.717) is 6.54 Å². The van der Waals surface area contributed by atoms with Gasteiger partial charge in [0.25, 0.3) is 0 Å². The van der Waals surface area contributed by atoms with E-state index >= 15 is 0 Å². The van der Waals surface area contributed by atoms with E-state index in [1.165, 1.54) is 0 Å². The fourth-order valence-electron chi connectivity index (χ4n) is 2.61. The number of fused-ring (bicyclic) bond motifs is 1. The molecule has 0 aromatic heterocycles. The molecule has 1 fully saturated rings. The Balaban J connectivity index is 1.98. The SMILES string of the molecule is NC(=O)C1c2cc[c]cc2CCN1C(=O)C1CC1. The zero-order chi connectivity index (χ0) is 12.7. The number of nitrogens with two attached hydrogens (primary N) is 1. The first kappa shape index (κ1) is 11.3. The van der Waals surface area contributed by atoms with Gasteiger partial charge in [0.1, 0.15) is 6.04 Å². The number of hydrogen-bond acceptors (Lipinski definition) is 2. The summed E-state index contributed by atoms with van der Waals surface area (Å²) in [5.41, 5.74) is 7.42. The van der Waals surface area contributed by atoms with Crippen LogP contribution in [0.5, 0.6) is 0 Å². The second kappa shape index (κ2) is 4.12. The van der Waals surface area contributed by atoms with Crippen LogP contribution in [0.3, 0.4) is 0 Å². The molecular weight excluding hydrogens is 228 g/mol. The quantitative estimate of drug-likeness (QED) is 0.835. The van der Waals surface area contributed by atoms with Gasteiger partial charge in [0.05, 0.1) is 0 Å². The van der Waals surface area contributed by atoms with Crippen molar-refractivity contribution in [2.24, 2.45) is 11.7 Å². The minimum absolute atomic E-state index is 0.0808. The maximum absolute atomic E-state index is 12.2. The molecule has 2 N–H and O–H groups in total. The van der Waals surface area contributed by atoms with Gasteiger partial charge in [-0.2, -0.15) is 0 Å². The second-order valence-electron chi connectivity index (χ2n) is 4.99. The molecule has 0 spiro atoms. The molecule has 4 heteroatoms. The summed E-state index contributed by atoms with van der Waals surface area (Å²) in [4.78, 5) is 25.5. The van der Waals surface area contributed by atoms with Crippen LogP contribution in [-0.2, 0) is 16.0 Å². The molecule has 4 nitrogen and oxygen atoms in total. The maximum Gasteiger partial charge on any atom is 0.244 e. The third-order valence-corrected chi connectivity index (χ3v) is 3.69. The van der Waals surface area contributed by atoms with Gasteiger partial charge in [-0.3, -0.25) is 9.59 Å². The number of hydrogen-bond donors (Lipinski definition) is 1. The summed E-state index contributed by atoms with van der Waals surface area (Å²) < 4.78 is 0. The smallest absolute Gasteiger partial charge is 0.244 e. The van der Waals surface area contributed by atoms with E-state index < -0.39 is 11.9 Å². The third kappa shape index (κ3) is 1.78.